The molecule has 0 spiro atoms. The monoisotopic (exact) mass is 269 g/mol. The van der Waals surface area contributed by atoms with Crippen LogP contribution in [0.3, 0.4) is 0 Å². The van der Waals surface area contributed by atoms with Gasteiger partial charge in [0.25, 0.3) is 0 Å². The fourth-order valence-electron chi connectivity index (χ4n) is 1.94. The zero-order valence-electron chi connectivity index (χ0n) is 10.3. The predicted octanol–water partition coefficient (Wildman–Crippen LogP) is 0.888. The quantitative estimate of drug-likeness (QED) is 0.821. The summed E-state index contributed by atoms with van der Waals surface area (Å²) in [7, 11) is -3.27. The second kappa shape index (κ2) is 5.91. The molecule has 1 atom stereocenters. The molecule has 98 valence electrons. The van der Waals surface area contributed by atoms with Crippen molar-refractivity contribution in [1.82, 2.24) is 4.72 Å². The van der Waals surface area contributed by atoms with Gasteiger partial charge < -0.3 is 0 Å². The van der Waals surface area contributed by atoms with Crippen molar-refractivity contribution in [3.63, 3.8) is 0 Å². The van der Waals surface area contributed by atoms with Gasteiger partial charge in [-0.2, -0.15) is 9.59 Å². The van der Waals surface area contributed by atoms with Gasteiger partial charge in [-0.3, -0.25) is 0 Å². The number of hydrogen-bond donors (Lipinski definition) is 1. The average molecular weight is 269 g/mol. The van der Waals surface area contributed by atoms with Gasteiger partial charge in [0.05, 0.1) is 4.90 Å². The largest absolute Gasteiger partial charge is 0.373 e. The molecule has 1 aromatic rings. The summed E-state index contributed by atoms with van der Waals surface area (Å²) >= 11 is 0. The van der Waals surface area contributed by atoms with Gasteiger partial charge >= 0.3 is 6.15 Å². The summed E-state index contributed by atoms with van der Waals surface area (Å²) in [6, 6.07) is 5.72. The van der Waals surface area contributed by atoms with Crippen molar-refractivity contribution in [2.24, 2.45) is 0 Å². The Labute approximate surface area is 106 Å². The van der Waals surface area contributed by atoms with Gasteiger partial charge in [0.2, 0.25) is 10.0 Å². The molecular weight excluding hydrogens is 254 g/mol. The highest BCUT2D eigenvalue weighted by molar-refractivity contribution is 7.89. The Morgan fingerprint density at radius 3 is 2.56 bits per heavy atom. The minimum Gasteiger partial charge on any atom is -0.208 e. The third kappa shape index (κ3) is 3.26. The number of aryl methyl sites for hydroxylation is 1. The molecule has 6 heteroatoms. The van der Waals surface area contributed by atoms with E-state index in [0.29, 0.717) is 4.90 Å². The lowest BCUT2D eigenvalue weighted by atomic mass is 10.0. The van der Waals surface area contributed by atoms with Gasteiger partial charge in [0.1, 0.15) is 0 Å². The van der Waals surface area contributed by atoms with Crippen LogP contribution < -0.4 is 4.72 Å². The molecule has 0 saturated heterocycles. The molecule has 1 N–H and O–H groups in total. The summed E-state index contributed by atoms with van der Waals surface area (Å²) in [4.78, 5) is 16.7. The summed E-state index contributed by atoms with van der Waals surface area (Å²) in [6.45, 7) is 3.90. The van der Waals surface area contributed by atoms with Crippen LogP contribution >= 0.6 is 0 Å². The van der Waals surface area contributed by atoms with Crippen molar-refractivity contribution < 1.29 is 18.0 Å². The normalized spacial score (nSPS) is 20.0. The Morgan fingerprint density at radius 2 is 2.00 bits per heavy atom. The van der Waals surface area contributed by atoms with Crippen molar-refractivity contribution in [1.29, 1.82) is 0 Å². The Balaban J connectivity index is 0.000000492. The highest BCUT2D eigenvalue weighted by Crippen LogP contribution is 2.24. The Hall–Kier alpha value is -1.49. The molecule has 0 radical (unpaired) electrons. The first-order valence-electron chi connectivity index (χ1n) is 5.58. The molecule has 18 heavy (non-hydrogen) atoms. The van der Waals surface area contributed by atoms with Gasteiger partial charge in [0.15, 0.2) is 0 Å². The molecule has 1 aliphatic heterocycles. The lowest BCUT2D eigenvalue weighted by molar-refractivity contribution is -0.191. The fourth-order valence-corrected chi connectivity index (χ4v) is 3.48. The Kier molecular flexibility index (Phi) is 4.78. The minimum absolute atomic E-state index is 0.00465. The topological polar surface area (TPSA) is 80.3 Å². The smallest absolute Gasteiger partial charge is 0.208 e. The van der Waals surface area contributed by atoms with Gasteiger partial charge in [-0.25, -0.2) is 13.1 Å². The van der Waals surface area contributed by atoms with Crippen LogP contribution in [-0.2, 0) is 32.5 Å². The number of benzene rings is 1. The van der Waals surface area contributed by atoms with Crippen molar-refractivity contribution in [2.45, 2.75) is 37.6 Å². The number of carbonyl (C=O) groups excluding carboxylic acids is 2. The summed E-state index contributed by atoms with van der Waals surface area (Å²) in [6.07, 6.45) is 1.89. The highest BCUT2D eigenvalue weighted by Gasteiger charge is 2.26. The van der Waals surface area contributed by atoms with Crippen LogP contribution in [-0.4, -0.2) is 20.6 Å². The maximum Gasteiger partial charge on any atom is 0.373 e. The van der Waals surface area contributed by atoms with Gasteiger partial charge in [0, 0.05) is 6.04 Å². The standard InChI is InChI=1S/C11H15NO2S.CO2/c1-3-9-4-5-10-6-8(2)12-15(13,14)11(10)7-9;2-1-3/h4-5,7-8,12H,3,6H2,1-2H3;/t8-;/m1./s1. The first-order chi connectivity index (χ1) is 8.44. The highest BCUT2D eigenvalue weighted by atomic mass is 32.2. The fraction of sp³-hybridized carbons (Fsp3) is 0.417. The number of rotatable bonds is 1. The third-order valence-corrected chi connectivity index (χ3v) is 4.38. The molecular formula is C12H15NO4S. The molecule has 0 fully saturated rings. The zero-order valence-corrected chi connectivity index (χ0v) is 11.1. The molecule has 0 amide bonds. The number of fused-ring (bicyclic) bond motifs is 1. The van der Waals surface area contributed by atoms with E-state index in [1.54, 1.807) is 6.07 Å². The van der Waals surface area contributed by atoms with Gasteiger partial charge in [-0.15, -0.1) is 0 Å². The molecule has 5 nitrogen and oxygen atoms in total. The van der Waals surface area contributed by atoms with E-state index in [4.69, 9.17) is 9.59 Å². The van der Waals surface area contributed by atoms with E-state index < -0.39 is 10.0 Å². The molecule has 0 aliphatic carbocycles. The van der Waals surface area contributed by atoms with Crippen molar-refractivity contribution in [2.75, 3.05) is 0 Å². The Morgan fingerprint density at radius 1 is 1.39 bits per heavy atom. The maximum absolute atomic E-state index is 11.8. The molecule has 1 aliphatic rings. The van der Waals surface area contributed by atoms with E-state index in [-0.39, 0.29) is 12.2 Å². The molecule has 2 rings (SSSR count). The first kappa shape index (κ1) is 14.6. The van der Waals surface area contributed by atoms with E-state index in [1.807, 2.05) is 26.0 Å². The van der Waals surface area contributed by atoms with Crippen molar-refractivity contribution >= 4 is 16.2 Å². The van der Waals surface area contributed by atoms with Gasteiger partial charge in [-0.1, -0.05) is 19.1 Å². The molecule has 1 heterocycles. The lowest BCUT2D eigenvalue weighted by Crippen LogP contribution is -2.39. The molecule has 0 bridgehead atoms. The summed E-state index contributed by atoms with van der Waals surface area (Å²) < 4.78 is 26.3. The maximum atomic E-state index is 11.8. The molecule has 0 unspecified atom stereocenters. The second-order valence-corrected chi connectivity index (χ2v) is 5.79. The van der Waals surface area contributed by atoms with E-state index in [0.717, 1.165) is 24.0 Å². The lowest BCUT2D eigenvalue weighted by Gasteiger charge is -2.23. The average Bonchev–Trinajstić information content (AvgIpc) is 2.28. The van der Waals surface area contributed by atoms with Crippen LogP contribution in [0.5, 0.6) is 0 Å². The van der Waals surface area contributed by atoms with Gasteiger partial charge in [-0.05, 0) is 37.0 Å². The zero-order chi connectivity index (χ0) is 13.8. The number of hydrogen-bond acceptors (Lipinski definition) is 4. The van der Waals surface area contributed by atoms with Crippen LogP contribution in [0.2, 0.25) is 0 Å². The summed E-state index contributed by atoms with van der Waals surface area (Å²) in [5.41, 5.74) is 1.99. The van der Waals surface area contributed by atoms with E-state index in [1.165, 1.54) is 0 Å². The SMILES string of the molecule is CCc1ccc2c(c1)S(=O)(=O)N[C@H](C)C2.O=C=O. The van der Waals surface area contributed by atoms with Crippen LogP contribution in [0.4, 0.5) is 0 Å². The van der Waals surface area contributed by atoms with Crippen LogP contribution in [0.1, 0.15) is 25.0 Å². The molecule has 0 aromatic heterocycles. The van der Waals surface area contributed by atoms with E-state index in [9.17, 15) is 8.42 Å². The van der Waals surface area contributed by atoms with Crippen molar-refractivity contribution in [3.8, 4) is 0 Å². The van der Waals surface area contributed by atoms with Crippen LogP contribution in [0, 0.1) is 0 Å². The molecule has 0 saturated carbocycles. The number of nitrogens with one attached hydrogen (secondary N) is 1. The Bertz CT molecular complexity index is 559. The van der Waals surface area contributed by atoms with Crippen molar-refractivity contribution in [3.05, 3.63) is 29.3 Å². The summed E-state index contributed by atoms with van der Waals surface area (Å²) in [5, 5.41) is 0. The first-order valence-corrected chi connectivity index (χ1v) is 7.06. The van der Waals surface area contributed by atoms with E-state index >= 15 is 0 Å². The van der Waals surface area contributed by atoms with Crippen LogP contribution in [0.15, 0.2) is 23.1 Å². The number of sulfonamides is 1. The van der Waals surface area contributed by atoms with E-state index in [2.05, 4.69) is 4.72 Å². The third-order valence-electron chi connectivity index (χ3n) is 2.71. The minimum atomic E-state index is -3.27. The van der Waals surface area contributed by atoms with Crippen LogP contribution in [0.25, 0.3) is 0 Å². The second-order valence-electron chi connectivity index (χ2n) is 4.11. The summed E-state index contributed by atoms with van der Waals surface area (Å²) in [5.74, 6) is 0. The predicted molar refractivity (Wildman–Crippen MR) is 64.3 cm³/mol. The molecule has 1 aromatic carbocycles.